The molecule has 0 bridgehead atoms. The van der Waals surface area contributed by atoms with Gasteiger partial charge < -0.3 is 10.4 Å². The summed E-state index contributed by atoms with van der Waals surface area (Å²) in [6, 6.07) is 13.4. The molecule has 1 unspecified atom stereocenters. The lowest BCUT2D eigenvalue weighted by atomic mass is 10.1. The molecule has 0 spiro atoms. The number of hydrogen-bond donors (Lipinski definition) is 2. The molecule has 4 rings (SSSR count). The number of aliphatic hydroxyl groups is 1. The van der Waals surface area contributed by atoms with Crippen molar-refractivity contribution in [1.82, 2.24) is 19.8 Å². The van der Waals surface area contributed by atoms with E-state index in [9.17, 15) is 5.11 Å². The number of hydrogen-bond acceptors (Lipinski definition) is 5. The van der Waals surface area contributed by atoms with E-state index in [1.54, 1.807) is 4.52 Å². The van der Waals surface area contributed by atoms with Crippen LogP contribution in [0.2, 0.25) is 0 Å². The first-order chi connectivity index (χ1) is 10.8. The fourth-order valence-corrected chi connectivity index (χ4v) is 2.58. The van der Waals surface area contributed by atoms with E-state index in [1.165, 1.54) is 0 Å². The molecule has 0 saturated heterocycles. The number of nitrogens with zero attached hydrogens (tertiary/aromatic N) is 4. The van der Waals surface area contributed by atoms with Crippen LogP contribution in [0.4, 0.5) is 5.82 Å². The van der Waals surface area contributed by atoms with Gasteiger partial charge in [-0.25, -0.2) is 0 Å². The highest BCUT2D eigenvalue weighted by molar-refractivity contribution is 5.46. The number of aliphatic hydroxyl groups excluding tert-OH is 1. The smallest absolute Gasteiger partial charge is 0.178 e. The second kappa shape index (κ2) is 5.38. The molecule has 6 nitrogen and oxygen atoms in total. The van der Waals surface area contributed by atoms with Gasteiger partial charge in [-0.05, 0) is 30.5 Å². The maximum absolute atomic E-state index is 9.65. The summed E-state index contributed by atoms with van der Waals surface area (Å²) in [6.45, 7) is 0.00138. The van der Waals surface area contributed by atoms with Crippen molar-refractivity contribution in [3.8, 4) is 0 Å². The van der Waals surface area contributed by atoms with Gasteiger partial charge in [0.15, 0.2) is 11.5 Å². The molecule has 2 N–H and O–H groups in total. The van der Waals surface area contributed by atoms with Gasteiger partial charge in [-0.1, -0.05) is 30.3 Å². The molecule has 112 valence electrons. The molecule has 6 heteroatoms. The first-order valence-electron chi connectivity index (χ1n) is 7.50. The molecule has 3 aromatic rings. The Morgan fingerprint density at radius 2 is 1.95 bits per heavy atom. The molecule has 1 saturated carbocycles. The van der Waals surface area contributed by atoms with E-state index in [0.29, 0.717) is 11.7 Å². The molecule has 2 aromatic heterocycles. The summed E-state index contributed by atoms with van der Waals surface area (Å²) in [5.41, 5.74) is 1.78. The van der Waals surface area contributed by atoms with Gasteiger partial charge in [0, 0.05) is 5.92 Å². The minimum atomic E-state index is -0.188. The molecule has 1 aliphatic carbocycles. The average Bonchev–Trinajstić information content (AvgIpc) is 3.33. The minimum Gasteiger partial charge on any atom is -0.394 e. The van der Waals surface area contributed by atoms with Crippen LogP contribution in [0.3, 0.4) is 0 Å². The Morgan fingerprint density at radius 1 is 1.14 bits per heavy atom. The lowest BCUT2D eigenvalue weighted by Crippen LogP contribution is -2.16. The molecular weight excluding hydrogens is 278 g/mol. The van der Waals surface area contributed by atoms with E-state index >= 15 is 0 Å². The van der Waals surface area contributed by atoms with Crippen molar-refractivity contribution < 1.29 is 5.11 Å². The normalized spacial score (nSPS) is 15.9. The zero-order valence-corrected chi connectivity index (χ0v) is 12.1. The summed E-state index contributed by atoms with van der Waals surface area (Å²) >= 11 is 0. The van der Waals surface area contributed by atoms with Gasteiger partial charge in [-0.3, -0.25) is 0 Å². The van der Waals surface area contributed by atoms with E-state index in [4.69, 9.17) is 0 Å². The van der Waals surface area contributed by atoms with Crippen LogP contribution < -0.4 is 5.32 Å². The van der Waals surface area contributed by atoms with Gasteiger partial charge >= 0.3 is 0 Å². The molecule has 1 aromatic carbocycles. The summed E-state index contributed by atoms with van der Waals surface area (Å²) < 4.78 is 1.80. The Morgan fingerprint density at radius 3 is 2.68 bits per heavy atom. The zero-order valence-electron chi connectivity index (χ0n) is 12.1. The van der Waals surface area contributed by atoms with Crippen LogP contribution in [0.15, 0.2) is 42.5 Å². The summed E-state index contributed by atoms with van der Waals surface area (Å²) in [4.78, 5) is 0. The monoisotopic (exact) mass is 295 g/mol. The van der Waals surface area contributed by atoms with Crippen LogP contribution in [0.5, 0.6) is 0 Å². The highest BCUT2D eigenvalue weighted by Gasteiger charge is 2.29. The van der Waals surface area contributed by atoms with Crippen LogP contribution >= 0.6 is 0 Å². The van der Waals surface area contributed by atoms with Crippen LogP contribution in [0, 0.1) is 0 Å². The molecule has 1 aliphatic rings. The minimum absolute atomic E-state index is 0.00138. The van der Waals surface area contributed by atoms with Crippen molar-refractivity contribution in [2.24, 2.45) is 0 Å². The number of aromatic nitrogens is 4. The summed E-state index contributed by atoms with van der Waals surface area (Å²) in [7, 11) is 0. The molecule has 0 amide bonds. The Labute approximate surface area is 127 Å². The summed E-state index contributed by atoms with van der Waals surface area (Å²) in [6.07, 6.45) is 2.31. The molecule has 1 fully saturated rings. The predicted molar refractivity (Wildman–Crippen MR) is 82.6 cm³/mol. The van der Waals surface area contributed by atoms with Gasteiger partial charge in [0.05, 0.1) is 12.6 Å². The highest BCUT2D eigenvalue weighted by atomic mass is 16.3. The fraction of sp³-hybridized carbons (Fsp3) is 0.312. The van der Waals surface area contributed by atoms with Crippen LogP contribution in [-0.2, 0) is 0 Å². The number of benzene rings is 1. The first kappa shape index (κ1) is 13.2. The van der Waals surface area contributed by atoms with Crippen LogP contribution in [0.1, 0.15) is 36.2 Å². The number of fused-ring (bicyclic) bond motifs is 1. The van der Waals surface area contributed by atoms with E-state index < -0.39 is 0 Å². The van der Waals surface area contributed by atoms with Gasteiger partial charge in [0.2, 0.25) is 0 Å². The second-order valence-corrected chi connectivity index (χ2v) is 5.61. The maximum atomic E-state index is 9.65. The van der Waals surface area contributed by atoms with Crippen molar-refractivity contribution >= 4 is 11.5 Å². The molecular formula is C16H17N5O. The van der Waals surface area contributed by atoms with Crippen LogP contribution in [-0.4, -0.2) is 31.5 Å². The van der Waals surface area contributed by atoms with E-state index in [0.717, 1.165) is 29.9 Å². The first-order valence-corrected chi connectivity index (χ1v) is 7.50. The van der Waals surface area contributed by atoms with Gasteiger partial charge in [0.1, 0.15) is 5.82 Å². The summed E-state index contributed by atoms with van der Waals surface area (Å²) in [5.74, 6) is 2.12. The molecule has 22 heavy (non-hydrogen) atoms. The molecule has 0 radical (unpaired) electrons. The van der Waals surface area contributed by atoms with Gasteiger partial charge in [-0.15, -0.1) is 15.3 Å². The van der Waals surface area contributed by atoms with E-state index in [1.807, 2.05) is 42.5 Å². The molecule has 1 atom stereocenters. The number of rotatable bonds is 5. The van der Waals surface area contributed by atoms with Crippen molar-refractivity contribution in [3.05, 3.63) is 53.9 Å². The molecule has 0 aliphatic heterocycles. The van der Waals surface area contributed by atoms with Crippen molar-refractivity contribution in [3.63, 3.8) is 0 Å². The van der Waals surface area contributed by atoms with Crippen molar-refractivity contribution in [2.75, 3.05) is 11.9 Å². The highest BCUT2D eigenvalue weighted by Crippen LogP contribution is 2.38. The lowest BCUT2D eigenvalue weighted by molar-refractivity contribution is 0.276. The summed E-state index contributed by atoms with van der Waals surface area (Å²) in [5, 5.41) is 25.9. The second-order valence-electron chi connectivity index (χ2n) is 5.61. The Balaban J connectivity index is 1.64. The lowest BCUT2D eigenvalue weighted by Gasteiger charge is -2.17. The Kier molecular flexibility index (Phi) is 3.23. The standard InChI is InChI=1S/C16H17N5O/c22-10-13(11-4-2-1-3-5-11)17-14-8-9-15-18-19-16(12-6-7-12)21(15)20-14/h1-5,8-9,12-13,22H,6-7,10H2,(H,17,20). The Hall–Kier alpha value is -2.47. The topological polar surface area (TPSA) is 75.3 Å². The average molecular weight is 295 g/mol. The fourth-order valence-electron chi connectivity index (χ4n) is 2.58. The largest absolute Gasteiger partial charge is 0.394 e. The third-order valence-electron chi connectivity index (χ3n) is 3.94. The van der Waals surface area contributed by atoms with E-state index in [-0.39, 0.29) is 12.6 Å². The Bertz CT molecular complexity index is 782. The molecule has 2 heterocycles. The quantitative estimate of drug-likeness (QED) is 0.754. The van der Waals surface area contributed by atoms with Crippen LogP contribution in [0.25, 0.3) is 5.65 Å². The number of nitrogens with one attached hydrogen (secondary N) is 1. The third kappa shape index (κ3) is 2.42. The zero-order chi connectivity index (χ0) is 14.9. The van der Waals surface area contributed by atoms with Gasteiger partial charge in [0.25, 0.3) is 0 Å². The SMILES string of the molecule is OCC(Nc1ccc2nnc(C3CC3)n2n1)c1ccccc1. The number of anilines is 1. The maximum Gasteiger partial charge on any atom is 0.178 e. The predicted octanol–water partition coefficient (Wildman–Crippen LogP) is 2.15. The third-order valence-corrected chi connectivity index (χ3v) is 3.94. The van der Waals surface area contributed by atoms with Crippen molar-refractivity contribution in [2.45, 2.75) is 24.8 Å². The van der Waals surface area contributed by atoms with Gasteiger partial charge in [-0.2, -0.15) is 4.52 Å². The van der Waals surface area contributed by atoms with E-state index in [2.05, 4.69) is 20.6 Å². The van der Waals surface area contributed by atoms with Crippen molar-refractivity contribution in [1.29, 1.82) is 0 Å².